The quantitative estimate of drug-likeness (QED) is 0.833. The average molecular weight is 224 g/mol. The molecule has 0 aliphatic heterocycles. The minimum absolute atomic E-state index is 0.0720. The lowest BCUT2D eigenvalue weighted by atomic mass is 10.0. The topological polar surface area (TPSA) is 29.3 Å². The lowest BCUT2D eigenvalue weighted by Crippen LogP contribution is -2.33. The SMILES string of the molecule is CC(CCN)N(C)C(C)c1ccccc1F. The van der Waals surface area contributed by atoms with Crippen molar-refractivity contribution < 1.29 is 4.39 Å². The summed E-state index contributed by atoms with van der Waals surface area (Å²) in [5.74, 6) is -0.137. The predicted molar refractivity (Wildman–Crippen MR) is 65.7 cm³/mol. The van der Waals surface area contributed by atoms with Gasteiger partial charge in [-0.15, -0.1) is 0 Å². The Labute approximate surface area is 97.3 Å². The maximum Gasteiger partial charge on any atom is 0.127 e. The Balaban J connectivity index is 2.77. The van der Waals surface area contributed by atoms with Crippen LogP contribution in [-0.2, 0) is 0 Å². The highest BCUT2D eigenvalue weighted by molar-refractivity contribution is 5.20. The summed E-state index contributed by atoms with van der Waals surface area (Å²) in [6.45, 7) is 4.80. The zero-order valence-corrected chi connectivity index (χ0v) is 10.3. The van der Waals surface area contributed by atoms with Gasteiger partial charge < -0.3 is 5.73 Å². The van der Waals surface area contributed by atoms with E-state index in [1.54, 1.807) is 6.07 Å². The molecule has 0 saturated heterocycles. The molecule has 2 unspecified atom stereocenters. The van der Waals surface area contributed by atoms with Gasteiger partial charge in [0.05, 0.1) is 0 Å². The number of nitrogens with two attached hydrogens (primary N) is 1. The van der Waals surface area contributed by atoms with Crippen LogP contribution in [0.4, 0.5) is 4.39 Å². The van der Waals surface area contributed by atoms with Gasteiger partial charge in [0.2, 0.25) is 0 Å². The summed E-state index contributed by atoms with van der Waals surface area (Å²) in [4.78, 5) is 2.16. The van der Waals surface area contributed by atoms with E-state index in [1.807, 2.05) is 26.1 Å². The van der Waals surface area contributed by atoms with Crippen molar-refractivity contribution in [3.63, 3.8) is 0 Å². The van der Waals surface area contributed by atoms with Crippen molar-refractivity contribution in [2.75, 3.05) is 13.6 Å². The minimum Gasteiger partial charge on any atom is -0.330 e. The van der Waals surface area contributed by atoms with E-state index in [9.17, 15) is 4.39 Å². The molecule has 0 aromatic heterocycles. The molecule has 0 heterocycles. The van der Waals surface area contributed by atoms with Crippen molar-refractivity contribution in [3.05, 3.63) is 35.6 Å². The molecule has 0 saturated carbocycles. The molecule has 0 bridgehead atoms. The molecule has 2 atom stereocenters. The van der Waals surface area contributed by atoms with Crippen molar-refractivity contribution in [2.24, 2.45) is 5.73 Å². The molecule has 0 radical (unpaired) electrons. The molecule has 0 aliphatic carbocycles. The number of halogens is 1. The van der Waals surface area contributed by atoms with Crippen molar-refractivity contribution in [1.82, 2.24) is 4.90 Å². The second-order valence-corrected chi connectivity index (χ2v) is 4.29. The number of hydrogen-bond acceptors (Lipinski definition) is 2. The minimum atomic E-state index is -0.137. The van der Waals surface area contributed by atoms with E-state index in [0.717, 1.165) is 12.0 Å². The lowest BCUT2D eigenvalue weighted by Gasteiger charge is -2.31. The van der Waals surface area contributed by atoms with E-state index in [2.05, 4.69) is 11.8 Å². The average Bonchev–Trinajstić information content (AvgIpc) is 2.28. The van der Waals surface area contributed by atoms with Crippen LogP contribution in [0.1, 0.15) is 31.9 Å². The first kappa shape index (κ1) is 13.1. The first-order valence-electron chi connectivity index (χ1n) is 5.74. The molecule has 0 spiro atoms. The molecule has 1 aromatic carbocycles. The number of nitrogens with zero attached hydrogens (tertiary/aromatic N) is 1. The Morgan fingerprint density at radius 1 is 1.31 bits per heavy atom. The fraction of sp³-hybridized carbons (Fsp3) is 0.538. The van der Waals surface area contributed by atoms with Crippen molar-refractivity contribution in [2.45, 2.75) is 32.4 Å². The molecular formula is C13H21FN2. The van der Waals surface area contributed by atoms with Gasteiger partial charge in [0, 0.05) is 17.6 Å². The Bertz CT molecular complexity index is 327. The van der Waals surface area contributed by atoms with Gasteiger partial charge in [-0.2, -0.15) is 0 Å². The normalized spacial score (nSPS) is 15.1. The van der Waals surface area contributed by atoms with E-state index < -0.39 is 0 Å². The van der Waals surface area contributed by atoms with Gasteiger partial charge in [-0.25, -0.2) is 4.39 Å². The highest BCUT2D eigenvalue weighted by atomic mass is 19.1. The first-order chi connectivity index (χ1) is 7.57. The summed E-state index contributed by atoms with van der Waals surface area (Å²) in [5.41, 5.74) is 6.28. The van der Waals surface area contributed by atoms with Crippen LogP contribution in [0.2, 0.25) is 0 Å². The Morgan fingerprint density at radius 2 is 1.94 bits per heavy atom. The van der Waals surface area contributed by atoms with Crippen LogP contribution < -0.4 is 5.73 Å². The van der Waals surface area contributed by atoms with E-state index in [4.69, 9.17) is 5.73 Å². The Morgan fingerprint density at radius 3 is 2.50 bits per heavy atom. The molecule has 1 rings (SSSR count). The van der Waals surface area contributed by atoms with Gasteiger partial charge in [-0.1, -0.05) is 18.2 Å². The van der Waals surface area contributed by atoms with Gasteiger partial charge in [0.25, 0.3) is 0 Å². The second-order valence-electron chi connectivity index (χ2n) is 4.29. The van der Waals surface area contributed by atoms with E-state index in [-0.39, 0.29) is 11.9 Å². The van der Waals surface area contributed by atoms with Gasteiger partial charge in [0.1, 0.15) is 5.82 Å². The summed E-state index contributed by atoms with van der Waals surface area (Å²) in [6.07, 6.45) is 0.926. The fourth-order valence-corrected chi connectivity index (χ4v) is 1.86. The van der Waals surface area contributed by atoms with Crippen molar-refractivity contribution in [3.8, 4) is 0 Å². The summed E-state index contributed by atoms with van der Waals surface area (Å²) in [5, 5.41) is 0. The number of benzene rings is 1. The van der Waals surface area contributed by atoms with E-state index >= 15 is 0 Å². The molecule has 1 aromatic rings. The van der Waals surface area contributed by atoms with Crippen LogP contribution >= 0.6 is 0 Å². The smallest absolute Gasteiger partial charge is 0.127 e. The highest BCUT2D eigenvalue weighted by Gasteiger charge is 2.18. The first-order valence-corrected chi connectivity index (χ1v) is 5.74. The molecular weight excluding hydrogens is 203 g/mol. The summed E-state index contributed by atoms with van der Waals surface area (Å²) in [7, 11) is 2.01. The molecule has 2 N–H and O–H groups in total. The lowest BCUT2D eigenvalue weighted by molar-refractivity contribution is 0.187. The standard InChI is InChI=1S/C13H21FN2/c1-10(8-9-15)16(3)11(2)12-6-4-5-7-13(12)14/h4-7,10-11H,8-9,15H2,1-3H3. The van der Waals surface area contributed by atoms with Crippen LogP contribution in [0.15, 0.2) is 24.3 Å². The largest absolute Gasteiger partial charge is 0.330 e. The van der Waals surface area contributed by atoms with Gasteiger partial charge in [0.15, 0.2) is 0 Å². The maximum atomic E-state index is 13.6. The zero-order valence-electron chi connectivity index (χ0n) is 10.3. The maximum absolute atomic E-state index is 13.6. The number of hydrogen-bond donors (Lipinski definition) is 1. The number of rotatable bonds is 5. The second kappa shape index (κ2) is 5.97. The van der Waals surface area contributed by atoms with Crippen LogP contribution in [-0.4, -0.2) is 24.5 Å². The molecule has 3 heteroatoms. The molecule has 0 aliphatic rings. The van der Waals surface area contributed by atoms with Crippen LogP contribution in [0, 0.1) is 5.82 Å². The summed E-state index contributed by atoms with van der Waals surface area (Å²) < 4.78 is 13.6. The predicted octanol–water partition coefficient (Wildman–Crippen LogP) is 2.56. The van der Waals surface area contributed by atoms with E-state index in [0.29, 0.717) is 12.6 Å². The molecule has 0 amide bonds. The zero-order chi connectivity index (χ0) is 12.1. The Hall–Kier alpha value is -0.930. The molecule has 90 valence electrons. The molecule has 16 heavy (non-hydrogen) atoms. The third kappa shape index (κ3) is 3.03. The van der Waals surface area contributed by atoms with Crippen molar-refractivity contribution >= 4 is 0 Å². The fourth-order valence-electron chi connectivity index (χ4n) is 1.86. The summed E-state index contributed by atoms with van der Waals surface area (Å²) in [6, 6.07) is 7.37. The monoisotopic (exact) mass is 224 g/mol. The van der Waals surface area contributed by atoms with Gasteiger partial charge >= 0.3 is 0 Å². The molecule has 2 nitrogen and oxygen atoms in total. The Kier molecular flexibility index (Phi) is 4.90. The third-order valence-electron chi connectivity index (χ3n) is 3.25. The van der Waals surface area contributed by atoms with Gasteiger partial charge in [-0.05, 0) is 39.9 Å². The van der Waals surface area contributed by atoms with Crippen LogP contribution in [0.25, 0.3) is 0 Å². The van der Waals surface area contributed by atoms with Crippen molar-refractivity contribution in [1.29, 1.82) is 0 Å². The summed E-state index contributed by atoms with van der Waals surface area (Å²) >= 11 is 0. The van der Waals surface area contributed by atoms with Crippen LogP contribution in [0.5, 0.6) is 0 Å². The third-order valence-corrected chi connectivity index (χ3v) is 3.25. The molecule has 0 fully saturated rings. The van der Waals surface area contributed by atoms with E-state index in [1.165, 1.54) is 6.07 Å². The van der Waals surface area contributed by atoms with Gasteiger partial charge in [-0.3, -0.25) is 4.90 Å². The highest BCUT2D eigenvalue weighted by Crippen LogP contribution is 2.23. The van der Waals surface area contributed by atoms with Crippen LogP contribution in [0.3, 0.4) is 0 Å².